The van der Waals surface area contributed by atoms with Crippen molar-refractivity contribution in [2.75, 3.05) is 27.2 Å². The summed E-state index contributed by atoms with van der Waals surface area (Å²) in [5.74, 6) is -7.41. The first-order valence-corrected chi connectivity index (χ1v) is 14.3. The summed E-state index contributed by atoms with van der Waals surface area (Å²) in [5.41, 5.74) is -0.661. The Balaban J connectivity index is 1.99. The van der Waals surface area contributed by atoms with E-state index in [2.05, 4.69) is 4.98 Å². The van der Waals surface area contributed by atoms with Gasteiger partial charge >= 0.3 is 17.9 Å². The molecular weight excluding hydrogens is 556 g/mol. The molecule has 3 aromatic rings. The number of carboxylic acid groups (broad SMARTS) is 3. The first-order chi connectivity index (χ1) is 20.3. The highest BCUT2D eigenvalue weighted by Gasteiger charge is 2.56. The fraction of sp³-hybridized carbons (Fsp3) is 0.469. The van der Waals surface area contributed by atoms with Crippen molar-refractivity contribution in [1.29, 1.82) is 0 Å². The Hall–Kier alpha value is -3.77. The maximum absolute atomic E-state index is 12.8. The molecule has 0 aliphatic carbocycles. The van der Waals surface area contributed by atoms with E-state index in [0.29, 0.717) is 30.6 Å². The van der Waals surface area contributed by atoms with Crippen LogP contribution in [0.4, 0.5) is 0 Å². The van der Waals surface area contributed by atoms with E-state index in [9.17, 15) is 34.8 Å². The minimum atomic E-state index is -2.68. The highest BCUT2D eigenvalue weighted by molar-refractivity contribution is 5.89. The number of aromatic nitrogens is 1. The lowest BCUT2D eigenvalue weighted by Crippen LogP contribution is -2.55. The van der Waals surface area contributed by atoms with Gasteiger partial charge in [-0.2, -0.15) is 0 Å². The number of fused-ring (bicyclic) bond motifs is 3. The number of H-pyrrole nitrogens is 1. The number of hydrogen-bond donors (Lipinski definition) is 5. The number of aliphatic hydroxyl groups is 1. The molecule has 11 nitrogen and oxygen atoms in total. The molecule has 3 atom stereocenters. The molecule has 5 N–H and O–H groups in total. The number of carbonyl (C=O) groups is 3. The third-order valence-electron chi connectivity index (χ3n) is 8.43. The minimum absolute atomic E-state index is 0.0916. The molecule has 43 heavy (non-hydrogen) atoms. The van der Waals surface area contributed by atoms with Gasteiger partial charge in [0.15, 0.2) is 5.60 Å². The van der Waals surface area contributed by atoms with Gasteiger partial charge in [-0.1, -0.05) is 49.4 Å². The summed E-state index contributed by atoms with van der Waals surface area (Å²) < 4.78 is 12.8. The minimum Gasteiger partial charge on any atom is -0.481 e. The van der Waals surface area contributed by atoms with E-state index in [0.717, 1.165) is 22.0 Å². The molecule has 0 spiro atoms. The summed E-state index contributed by atoms with van der Waals surface area (Å²) in [6.45, 7) is 4.17. The van der Waals surface area contributed by atoms with Crippen molar-refractivity contribution in [3.8, 4) is 0 Å². The lowest BCUT2D eigenvalue weighted by atomic mass is 9.73. The summed E-state index contributed by atoms with van der Waals surface area (Å²) in [6.07, 6.45) is -1.61. The first-order valence-electron chi connectivity index (χ1n) is 14.3. The van der Waals surface area contributed by atoms with Crippen LogP contribution in [0.25, 0.3) is 10.9 Å². The molecule has 0 saturated carbocycles. The quantitative estimate of drug-likeness (QED) is 0.184. The van der Waals surface area contributed by atoms with Gasteiger partial charge in [0.2, 0.25) is 5.79 Å². The maximum Gasteiger partial charge on any atom is 0.337 e. The second-order valence-corrected chi connectivity index (χ2v) is 11.7. The van der Waals surface area contributed by atoms with Crippen LogP contribution in [0.5, 0.6) is 0 Å². The highest BCUT2D eigenvalue weighted by Crippen LogP contribution is 2.49. The number of carboxylic acids is 3. The predicted molar refractivity (Wildman–Crippen MR) is 158 cm³/mol. The summed E-state index contributed by atoms with van der Waals surface area (Å²) in [4.78, 5) is 42.0. The van der Waals surface area contributed by atoms with Crippen LogP contribution in [-0.4, -0.2) is 81.1 Å². The molecule has 0 radical (unpaired) electrons. The molecule has 2 aromatic carbocycles. The number of para-hydroxylation sites is 1. The van der Waals surface area contributed by atoms with Gasteiger partial charge in [0, 0.05) is 29.8 Å². The van der Waals surface area contributed by atoms with Gasteiger partial charge in [-0.05, 0) is 56.6 Å². The van der Waals surface area contributed by atoms with Crippen LogP contribution in [0.2, 0.25) is 0 Å². The fourth-order valence-corrected chi connectivity index (χ4v) is 6.50. The molecule has 3 unspecified atom stereocenters. The fourth-order valence-electron chi connectivity index (χ4n) is 6.50. The number of aromatic amines is 1. The van der Waals surface area contributed by atoms with E-state index >= 15 is 0 Å². The number of aryl methyl sites for hydroxylation is 1. The topological polar surface area (TPSA) is 170 Å². The summed E-state index contributed by atoms with van der Waals surface area (Å²) >= 11 is 0. The molecule has 1 aliphatic rings. The molecule has 1 aromatic heterocycles. The Morgan fingerprint density at radius 3 is 2.26 bits per heavy atom. The lowest BCUT2D eigenvalue weighted by molar-refractivity contribution is -0.316. The monoisotopic (exact) mass is 596 g/mol. The van der Waals surface area contributed by atoms with Gasteiger partial charge in [0.05, 0.1) is 30.7 Å². The zero-order valence-corrected chi connectivity index (χ0v) is 24.9. The van der Waals surface area contributed by atoms with Gasteiger partial charge in [0.25, 0.3) is 0 Å². The first kappa shape index (κ1) is 32.2. The smallest absolute Gasteiger partial charge is 0.337 e. The molecule has 0 fully saturated rings. The van der Waals surface area contributed by atoms with Crippen LogP contribution in [0.15, 0.2) is 48.5 Å². The number of ether oxygens (including phenoxy) is 2. The molecule has 232 valence electrons. The van der Waals surface area contributed by atoms with Crippen molar-refractivity contribution in [2.45, 2.75) is 62.9 Å². The van der Waals surface area contributed by atoms with Crippen molar-refractivity contribution in [2.24, 2.45) is 5.92 Å². The number of rotatable bonds is 14. The zero-order chi connectivity index (χ0) is 31.6. The second kappa shape index (κ2) is 12.5. The Morgan fingerprint density at radius 1 is 1.05 bits per heavy atom. The Bertz CT molecular complexity index is 1480. The summed E-state index contributed by atoms with van der Waals surface area (Å²) in [7, 11) is 3.70. The molecule has 11 heteroatoms. The van der Waals surface area contributed by atoms with E-state index in [1.807, 2.05) is 81.4 Å². The van der Waals surface area contributed by atoms with Crippen LogP contribution >= 0.6 is 0 Å². The van der Waals surface area contributed by atoms with E-state index in [-0.39, 0.29) is 13.0 Å². The van der Waals surface area contributed by atoms with E-state index in [1.165, 1.54) is 0 Å². The Morgan fingerprint density at radius 2 is 1.67 bits per heavy atom. The number of nitrogens with zero attached hydrogens (tertiary/aromatic N) is 1. The van der Waals surface area contributed by atoms with Crippen LogP contribution in [0.1, 0.15) is 55.0 Å². The van der Waals surface area contributed by atoms with Gasteiger partial charge in [-0.15, -0.1) is 0 Å². The highest BCUT2D eigenvalue weighted by atomic mass is 16.7. The van der Waals surface area contributed by atoms with Gasteiger partial charge in [0.1, 0.15) is 0 Å². The van der Waals surface area contributed by atoms with Gasteiger partial charge < -0.3 is 39.8 Å². The predicted octanol–water partition coefficient (Wildman–Crippen LogP) is 3.86. The molecule has 1 aliphatic heterocycles. The third kappa shape index (κ3) is 6.30. The van der Waals surface area contributed by atoms with Crippen LogP contribution in [0, 0.1) is 12.8 Å². The van der Waals surface area contributed by atoms with Gasteiger partial charge in [-0.3, -0.25) is 9.59 Å². The summed E-state index contributed by atoms with van der Waals surface area (Å²) in [6, 6.07) is 14.9. The van der Waals surface area contributed by atoms with Crippen molar-refractivity contribution in [3.63, 3.8) is 0 Å². The number of aliphatic carboxylic acids is 3. The molecular formula is C32H40N2O9. The molecule has 2 heterocycles. The molecule has 0 amide bonds. The average Bonchev–Trinajstić information content (AvgIpc) is 3.32. The van der Waals surface area contributed by atoms with E-state index in [4.69, 9.17) is 9.47 Å². The molecule has 0 saturated heterocycles. The molecule has 4 rings (SSSR count). The molecule has 0 bridgehead atoms. The van der Waals surface area contributed by atoms with E-state index in [1.54, 1.807) is 0 Å². The lowest BCUT2D eigenvalue weighted by Gasteiger charge is -2.47. The van der Waals surface area contributed by atoms with Crippen LogP contribution in [-0.2, 0) is 41.7 Å². The summed E-state index contributed by atoms with van der Waals surface area (Å²) in [5, 5.41) is 43.2. The van der Waals surface area contributed by atoms with E-state index < -0.39 is 53.7 Å². The normalized spacial score (nSPS) is 19.1. The Labute approximate surface area is 250 Å². The number of hydrogen-bond acceptors (Lipinski definition) is 7. The second-order valence-electron chi connectivity index (χ2n) is 11.7. The van der Waals surface area contributed by atoms with Crippen molar-refractivity contribution < 1.29 is 44.3 Å². The zero-order valence-electron chi connectivity index (χ0n) is 24.9. The van der Waals surface area contributed by atoms with Crippen molar-refractivity contribution in [3.05, 3.63) is 70.9 Å². The number of nitrogens with one attached hydrogen (secondary N) is 1. The number of benzene rings is 2. The van der Waals surface area contributed by atoms with Crippen molar-refractivity contribution in [1.82, 2.24) is 9.88 Å². The SMILES string of the molecule is CCC(O)(c1ccccc1C)C(CN(C)C)CC1(OC(CC(=O)O)(CC(=O)O)C(=O)O)OCCc2c1[nH]c1ccccc21. The largest absolute Gasteiger partial charge is 0.481 e. The van der Waals surface area contributed by atoms with Crippen LogP contribution in [0.3, 0.4) is 0 Å². The van der Waals surface area contributed by atoms with Crippen LogP contribution < -0.4 is 0 Å². The standard InChI is InChI=1S/C32H40N2O9/c1-5-31(41,24-12-8-6-10-20(24)2)21(19-34(3)4)16-32(43-30(29(39)40,17-26(35)36)18-27(37)38)28-23(14-15-42-32)22-11-7-9-13-25(22)33-28/h6-13,21,33,41H,5,14-19H2,1-4H3,(H,35,36)(H,37,38)(H,39,40). The average molecular weight is 597 g/mol. The maximum atomic E-state index is 12.8. The van der Waals surface area contributed by atoms with Crippen molar-refractivity contribution >= 4 is 28.8 Å². The van der Waals surface area contributed by atoms with Gasteiger partial charge in [-0.25, -0.2) is 4.79 Å². The third-order valence-corrected chi connectivity index (χ3v) is 8.43. The Kier molecular flexibility index (Phi) is 9.31.